The third-order valence-electron chi connectivity index (χ3n) is 4.16. The lowest BCUT2D eigenvalue weighted by molar-refractivity contribution is 0.230. The van der Waals surface area contributed by atoms with Crippen LogP contribution in [0.2, 0.25) is 0 Å². The average molecular weight is 292 g/mol. The number of hydrogen-bond acceptors (Lipinski definition) is 3. The summed E-state index contributed by atoms with van der Waals surface area (Å²) in [6.07, 6.45) is 3.35. The van der Waals surface area contributed by atoms with E-state index in [1.54, 1.807) is 10.8 Å². The number of aromatic nitrogens is 2. The van der Waals surface area contributed by atoms with E-state index in [2.05, 4.69) is 11.9 Å². The predicted molar refractivity (Wildman–Crippen MR) is 85.8 cm³/mol. The number of para-hydroxylation sites is 1. The number of hydrogen-bond donors (Lipinski definition) is 0. The topological polar surface area (TPSA) is 44.1 Å². The molecule has 0 saturated heterocycles. The van der Waals surface area contributed by atoms with Crippen LogP contribution < -0.4 is 10.3 Å². The van der Waals surface area contributed by atoms with Gasteiger partial charge in [-0.3, -0.25) is 14.3 Å². The molecule has 2 aromatic heterocycles. The van der Waals surface area contributed by atoms with E-state index in [0.29, 0.717) is 12.2 Å². The van der Waals surface area contributed by atoms with Gasteiger partial charge in [-0.2, -0.15) is 0 Å². The molecule has 0 aliphatic carbocycles. The van der Waals surface area contributed by atoms with E-state index in [9.17, 15) is 4.79 Å². The Hall–Kier alpha value is -2.62. The van der Waals surface area contributed by atoms with Crippen LogP contribution in [0.15, 0.2) is 53.5 Å². The molecule has 0 saturated carbocycles. The van der Waals surface area contributed by atoms with E-state index in [0.717, 1.165) is 28.7 Å². The summed E-state index contributed by atoms with van der Waals surface area (Å²) in [6, 6.07) is 13.4. The smallest absolute Gasteiger partial charge is 0.262 e. The molecule has 0 N–H and O–H groups in total. The standard InChI is InChI=1S/C18H16N2O2/c1-2-13-11-14-17(22-13)16-15(9-6-10-19-16)20(18(14)21)12-7-4-3-5-8-12/h3-10,13H,2,11H2,1H3. The van der Waals surface area contributed by atoms with Gasteiger partial charge in [0.1, 0.15) is 11.6 Å². The van der Waals surface area contributed by atoms with Gasteiger partial charge in [-0.15, -0.1) is 0 Å². The maximum absolute atomic E-state index is 13.0. The lowest BCUT2D eigenvalue weighted by Gasteiger charge is -2.13. The summed E-state index contributed by atoms with van der Waals surface area (Å²) in [6.45, 7) is 2.07. The Morgan fingerprint density at radius 2 is 2.05 bits per heavy atom. The Kier molecular flexibility index (Phi) is 2.96. The molecule has 4 rings (SSSR count). The van der Waals surface area contributed by atoms with Gasteiger partial charge < -0.3 is 4.74 Å². The van der Waals surface area contributed by atoms with Crippen molar-refractivity contribution in [1.82, 2.24) is 9.55 Å². The second-order valence-corrected chi connectivity index (χ2v) is 5.51. The molecule has 1 aliphatic heterocycles. The monoisotopic (exact) mass is 292 g/mol. The number of fused-ring (bicyclic) bond motifs is 3. The van der Waals surface area contributed by atoms with Crippen LogP contribution in [0.5, 0.6) is 5.75 Å². The normalized spacial score (nSPS) is 16.5. The van der Waals surface area contributed by atoms with Gasteiger partial charge in [0.15, 0.2) is 5.75 Å². The van der Waals surface area contributed by atoms with Crippen LogP contribution in [0.3, 0.4) is 0 Å². The lowest BCUT2D eigenvalue weighted by Crippen LogP contribution is -2.22. The van der Waals surface area contributed by atoms with Crippen molar-refractivity contribution in [1.29, 1.82) is 0 Å². The molecule has 1 aromatic carbocycles. The molecule has 0 spiro atoms. The summed E-state index contributed by atoms with van der Waals surface area (Å²) >= 11 is 0. The van der Waals surface area contributed by atoms with Crippen molar-refractivity contribution in [2.24, 2.45) is 0 Å². The zero-order valence-corrected chi connectivity index (χ0v) is 12.3. The van der Waals surface area contributed by atoms with Crippen molar-refractivity contribution in [2.75, 3.05) is 0 Å². The molecule has 3 aromatic rings. The van der Waals surface area contributed by atoms with Gasteiger partial charge in [0.2, 0.25) is 0 Å². The molecule has 4 nitrogen and oxygen atoms in total. The first-order valence-electron chi connectivity index (χ1n) is 7.54. The molecule has 22 heavy (non-hydrogen) atoms. The fourth-order valence-corrected chi connectivity index (χ4v) is 3.04. The van der Waals surface area contributed by atoms with Crippen LogP contribution in [0.1, 0.15) is 18.9 Å². The molecule has 3 heterocycles. The van der Waals surface area contributed by atoms with Gasteiger partial charge in [-0.05, 0) is 30.7 Å². The van der Waals surface area contributed by atoms with Crippen molar-refractivity contribution in [3.8, 4) is 11.4 Å². The van der Waals surface area contributed by atoms with Crippen molar-refractivity contribution < 1.29 is 4.74 Å². The van der Waals surface area contributed by atoms with Gasteiger partial charge in [0, 0.05) is 18.3 Å². The molecule has 4 heteroatoms. The SMILES string of the molecule is CCC1Cc2c(c3ncccc3n(-c3ccccc3)c2=O)O1. The Balaban J connectivity index is 2.09. The Labute approximate surface area is 128 Å². The molecule has 0 fully saturated rings. The summed E-state index contributed by atoms with van der Waals surface area (Å²) in [5, 5.41) is 0. The van der Waals surface area contributed by atoms with Crippen molar-refractivity contribution in [2.45, 2.75) is 25.9 Å². The summed E-state index contributed by atoms with van der Waals surface area (Å²) in [5.74, 6) is 0.666. The molecule has 1 unspecified atom stereocenters. The van der Waals surface area contributed by atoms with E-state index in [1.807, 2.05) is 42.5 Å². The van der Waals surface area contributed by atoms with E-state index in [1.165, 1.54) is 0 Å². The van der Waals surface area contributed by atoms with Crippen LogP contribution in [0, 0.1) is 0 Å². The lowest BCUT2D eigenvalue weighted by atomic mass is 10.1. The Bertz CT molecular complexity index is 900. The predicted octanol–water partition coefficient (Wildman–Crippen LogP) is 3.10. The van der Waals surface area contributed by atoms with Crippen LogP contribution in [-0.2, 0) is 6.42 Å². The molecular formula is C18H16N2O2. The molecular weight excluding hydrogens is 276 g/mol. The molecule has 1 aliphatic rings. The fraction of sp³-hybridized carbons (Fsp3) is 0.222. The van der Waals surface area contributed by atoms with Crippen molar-refractivity contribution >= 4 is 11.0 Å². The fourth-order valence-electron chi connectivity index (χ4n) is 3.04. The number of rotatable bonds is 2. The quantitative estimate of drug-likeness (QED) is 0.729. The highest BCUT2D eigenvalue weighted by atomic mass is 16.5. The third kappa shape index (κ3) is 1.84. The van der Waals surface area contributed by atoms with Crippen LogP contribution in [-0.4, -0.2) is 15.7 Å². The second-order valence-electron chi connectivity index (χ2n) is 5.51. The van der Waals surface area contributed by atoms with E-state index in [4.69, 9.17) is 4.74 Å². The minimum absolute atomic E-state index is 0.00218. The average Bonchev–Trinajstić information content (AvgIpc) is 3.01. The highest BCUT2D eigenvalue weighted by Crippen LogP contribution is 2.34. The highest BCUT2D eigenvalue weighted by molar-refractivity contribution is 5.84. The Morgan fingerprint density at radius 3 is 2.82 bits per heavy atom. The molecule has 0 radical (unpaired) electrons. The number of ether oxygens (including phenoxy) is 1. The first-order chi connectivity index (χ1) is 10.8. The van der Waals surface area contributed by atoms with E-state index >= 15 is 0 Å². The molecule has 110 valence electrons. The largest absolute Gasteiger partial charge is 0.487 e. The van der Waals surface area contributed by atoms with Gasteiger partial charge in [0.25, 0.3) is 5.56 Å². The summed E-state index contributed by atoms with van der Waals surface area (Å²) in [5.41, 5.74) is 3.14. The van der Waals surface area contributed by atoms with Crippen LogP contribution in [0.25, 0.3) is 16.7 Å². The number of pyridine rings is 2. The van der Waals surface area contributed by atoms with Gasteiger partial charge >= 0.3 is 0 Å². The van der Waals surface area contributed by atoms with Crippen LogP contribution >= 0.6 is 0 Å². The van der Waals surface area contributed by atoms with Gasteiger partial charge in [-0.1, -0.05) is 25.1 Å². The second kappa shape index (κ2) is 4.98. The zero-order valence-electron chi connectivity index (χ0n) is 12.3. The first kappa shape index (κ1) is 13.1. The molecule has 0 bridgehead atoms. The summed E-state index contributed by atoms with van der Waals surface area (Å²) in [4.78, 5) is 17.5. The van der Waals surface area contributed by atoms with Gasteiger partial charge in [0.05, 0.1) is 11.1 Å². The number of nitrogens with zero attached hydrogens (tertiary/aromatic N) is 2. The van der Waals surface area contributed by atoms with E-state index in [-0.39, 0.29) is 11.7 Å². The summed E-state index contributed by atoms with van der Waals surface area (Å²) < 4.78 is 7.70. The van der Waals surface area contributed by atoms with Crippen molar-refractivity contribution in [3.05, 3.63) is 64.6 Å². The van der Waals surface area contributed by atoms with Crippen LogP contribution in [0.4, 0.5) is 0 Å². The van der Waals surface area contributed by atoms with Gasteiger partial charge in [-0.25, -0.2) is 0 Å². The maximum Gasteiger partial charge on any atom is 0.262 e. The van der Waals surface area contributed by atoms with Crippen molar-refractivity contribution in [3.63, 3.8) is 0 Å². The highest BCUT2D eigenvalue weighted by Gasteiger charge is 2.29. The Morgan fingerprint density at radius 1 is 1.23 bits per heavy atom. The summed E-state index contributed by atoms with van der Waals surface area (Å²) in [7, 11) is 0. The number of benzene rings is 1. The zero-order chi connectivity index (χ0) is 15.1. The van der Waals surface area contributed by atoms with E-state index < -0.39 is 0 Å². The molecule has 1 atom stereocenters. The minimum Gasteiger partial charge on any atom is -0.487 e. The molecule has 0 amide bonds. The minimum atomic E-state index is -0.00218. The first-order valence-corrected chi connectivity index (χ1v) is 7.54. The third-order valence-corrected chi connectivity index (χ3v) is 4.16. The maximum atomic E-state index is 13.0.